The van der Waals surface area contributed by atoms with Crippen LogP contribution in [0.15, 0.2) is 0 Å². The average Bonchev–Trinajstić information content (AvgIpc) is 2.16. The van der Waals surface area contributed by atoms with Crippen molar-refractivity contribution in [1.29, 1.82) is 0 Å². The Balaban J connectivity index is 2.65. The third-order valence-corrected chi connectivity index (χ3v) is 3.41. The van der Waals surface area contributed by atoms with Crippen LogP contribution in [-0.4, -0.2) is 29.2 Å². The molecule has 1 saturated carbocycles. The predicted molar refractivity (Wildman–Crippen MR) is 59.3 cm³/mol. The zero-order valence-electron chi connectivity index (χ0n) is 9.38. The van der Waals surface area contributed by atoms with Crippen LogP contribution in [0.1, 0.15) is 39.5 Å². The molecule has 0 heterocycles. The van der Waals surface area contributed by atoms with Gasteiger partial charge in [0.1, 0.15) is 0 Å². The van der Waals surface area contributed by atoms with Crippen LogP contribution in [-0.2, 0) is 9.53 Å². The standard InChI is InChI=1S/C11H19ClO3/c1-10(2)3-5-11(6-4-10,9(13)14)15-8-7-12/h3-8H2,1-2H3,(H,13,14). The lowest BCUT2D eigenvalue weighted by Crippen LogP contribution is -2.46. The van der Waals surface area contributed by atoms with Crippen molar-refractivity contribution >= 4 is 17.6 Å². The van der Waals surface area contributed by atoms with Gasteiger partial charge >= 0.3 is 5.97 Å². The summed E-state index contributed by atoms with van der Waals surface area (Å²) in [4.78, 5) is 11.2. The summed E-state index contributed by atoms with van der Waals surface area (Å²) in [7, 11) is 0. The van der Waals surface area contributed by atoms with Crippen molar-refractivity contribution in [2.75, 3.05) is 12.5 Å². The van der Waals surface area contributed by atoms with Crippen molar-refractivity contribution in [2.45, 2.75) is 45.1 Å². The van der Waals surface area contributed by atoms with Crippen LogP contribution in [0.25, 0.3) is 0 Å². The molecule has 15 heavy (non-hydrogen) atoms. The van der Waals surface area contributed by atoms with E-state index in [2.05, 4.69) is 13.8 Å². The maximum absolute atomic E-state index is 11.2. The van der Waals surface area contributed by atoms with E-state index in [0.29, 0.717) is 25.3 Å². The minimum atomic E-state index is -0.982. The molecule has 0 radical (unpaired) electrons. The van der Waals surface area contributed by atoms with Crippen molar-refractivity contribution in [3.63, 3.8) is 0 Å². The molecule has 0 spiro atoms. The second-order valence-electron chi connectivity index (χ2n) is 5.00. The van der Waals surface area contributed by atoms with Gasteiger partial charge in [0, 0.05) is 5.88 Å². The Morgan fingerprint density at radius 3 is 2.27 bits per heavy atom. The molecule has 0 aromatic heterocycles. The number of carboxylic acid groups (broad SMARTS) is 1. The molecule has 4 heteroatoms. The number of alkyl halides is 1. The maximum atomic E-state index is 11.2. The van der Waals surface area contributed by atoms with E-state index < -0.39 is 11.6 Å². The molecule has 0 amide bonds. The molecule has 1 fully saturated rings. The van der Waals surface area contributed by atoms with Gasteiger partial charge in [0.2, 0.25) is 0 Å². The van der Waals surface area contributed by atoms with Crippen molar-refractivity contribution in [2.24, 2.45) is 5.41 Å². The Kier molecular flexibility index (Phi) is 4.01. The highest BCUT2D eigenvalue weighted by Crippen LogP contribution is 2.42. The summed E-state index contributed by atoms with van der Waals surface area (Å²) in [5.41, 5.74) is -0.742. The molecule has 0 aliphatic heterocycles. The summed E-state index contributed by atoms with van der Waals surface area (Å²) >= 11 is 5.53. The van der Waals surface area contributed by atoms with Crippen LogP contribution in [0.5, 0.6) is 0 Å². The van der Waals surface area contributed by atoms with Gasteiger partial charge in [-0.1, -0.05) is 13.8 Å². The van der Waals surface area contributed by atoms with E-state index in [-0.39, 0.29) is 5.41 Å². The summed E-state index contributed by atoms with van der Waals surface area (Å²) < 4.78 is 5.44. The molecule has 0 atom stereocenters. The van der Waals surface area contributed by atoms with Crippen molar-refractivity contribution in [3.8, 4) is 0 Å². The third-order valence-electron chi connectivity index (χ3n) is 3.26. The highest BCUT2D eigenvalue weighted by Gasteiger charge is 2.45. The number of halogens is 1. The molecule has 1 aliphatic rings. The summed E-state index contributed by atoms with van der Waals surface area (Å²) in [6.45, 7) is 4.65. The largest absolute Gasteiger partial charge is 0.479 e. The van der Waals surface area contributed by atoms with Gasteiger partial charge in [0.05, 0.1) is 6.61 Å². The molecule has 1 N–H and O–H groups in total. The molecule has 0 saturated heterocycles. The zero-order valence-corrected chi connectivity index (χ0v) is 10.1. The summed E-state index contributed by atoms with van der Waals surface area (Å²) in [6.07, 6.45) is 2.96. The monoisotopic (exact) mass is 234 g/mol. The Morgan fingerprint density at radius 1 is 1.33 bits per heavy atom. The topological polar surface area (TPSA) is 46.5 Å². The number of hydrogen-bond acceptors (Lipinski definition) is 2. The molecular formula is C11H19ClO3. The lowest BCUT2D eigenvalue weighted by Gasteiger charge is -2.40. The van der Waals surface area contributed by atoms with Gasteiger partial charge < -0.3 is 9.84 Å². The normalized spacial score (nSPS) is 23.7. The molecule has 3 nitrogen and oxygen atoms in total. The molecule has 1 rings (SSSR count). The van der Waals surface area contributed by atoms with Gasteiger partial charge in [-0.05, 0) is 31.1 Å². The molecule has 0 bridgehead atoms. The zero-order chi connectivity index (χ0) is 11.5. The fourth-order valence-electron chi connectivity index (χ4n) is 1.98. The third kappa shape index (κ3) is 3.08. The first-order chi connectivity index (χ1) is 6.92. The van der Waals surface area contributed by atoms with Crippen molar-refractivity contribution < 1.29 is 14.6 Å². The van der Waals surface area contributed by atoms with Gasteiger partial charge in [-0.2, -0.15) is 0 Å². The first-order valence-corrected chi connectivity index (χ1v) is 5.89. The molecule has 0 aromatic carbocycles. The molecular weight excluding hydrogens is 216 g/mol. The number of aliphatic carboxylic acids is 1. The number of carbonyl (C=O) groups is 1. The minimum absolute atomic E-state index is 0.239. The second kappa shape index (κ2) is 4.71. The Hall–Kier alpha value is -0.280. The van der Waals surface area contributed by atoms with E-state index in [4.69, 9.17) is 16.3 Å². The van der Waals surface area contributed by atoms with Crippen LogP contribution < -0.4 is 0 Å². The van der Waals surface area contributed by atoms with Crippen LogP contribution in [0.3, 0.4) is 0 Å². The maximum Gasteiger partial charge on any atom is 0.335 e. The van der Waals surface area contributed by atoms with Gasteiger partial charge in [-0.3, -0.25) is 0 Å². The molecule has 0 unspecified atom stereocenters. The van der Waals surface area contributed by atoms with E-state index in [0.717, 1.165) is 12.8 Å². The Bertz CT molecular complexity index is 228. The lowest BCUT2D eigenvalue weighted by molar-refractivity contribution is -0.172. The van der Waals surface area contributed by atoms with E-state index in [1.54, 1.807) is 0 Å². The summed E-state index contributed by atoms with van der Waals surface area (Å²) in [5, 5.41) is 9.22. The highest BCUT2D eigenvalue weighted by molar-refractivity contribution is 6.18. The number of rotatable bonds is 4. The first kappa shape index (κ1) is 12.8. The Morgan fingerprint density at radius 2 is 1.87 bits per heavy atom. The number of hydrogen-bond donors (Lipinski definition) is 1. The predicted octanol–water partition coefficient (Wildman–Crippen LogP) is 2.67. The quantitative estimate of drug-likeness (QED) is 0.761. The molecule has 88 valence electrons. The SMILES string of the molecule is CC1(C)CCC(OCCCl)(C(=O)O)CC1. The van der Waals surface area contributed by atoms with Gasteiger partial charge in [-0.15, -0.1) is 11.6 Å². The minimum Gasteiger partial charge on any atom is -0.479 e. The fourth-order valence-corrected chi connectivity index (χ4v) is 2.06. The average molecular weight is 235 g/mol. The van der Waals surface area contributed by atoms with E-state index in [1.165, 1.54) is 0 Å². The smallest absolute Gasteiger partial charge is 0.335 e. The van der Waals surface area contributed by atoms with E-state index >= 15 is 0 Å². The van der Waals surface area contributed by atoms with Crippen molar-refractivity contribution in [1.82, 2.24) is 0 Å². The van der Waals surface area contributed by atoms with E-state index in [9.17, 15) is 9.90 Å². The van der Waals surface area contributed by atoms with E-state index in [1.807, 2.05) is 0 Å². The van der Waals surface area contributed by atoms with Gasteiger partial charge in [-0.25, -0.2) is 4.79 Å². The second-order valence-corrected chi connectivity index (χ2v) is 5.38. The fraction of sp³-hybridized carbons (Fsp3) is 0.909. The summed E-state index contributed by atoms with van der Waals surface area (Å²) in [5.74, 6) is -0.499. The van der Waals surface area contributed by atoms with Crippen LogP contribution in [0.2, 0.25) is 0 Å². The summed E-state index contributed by atoms with van der Waals surface area (Å²) in [6, 6.07) is 0. The number of ether oxygens (including phenoxy) is 1. The lowest BCUT2D eigenvalue weighted by atomic mass is 9.71. The van der Waals surface area contributed by atoms with Gasteiger partial charge in [0.15, 0.2) is 5.60 Å². The highest BCUT2D eigenvalue weighted by atomic mass is 35.5. The first-order valence-electron chi connectivity index (χ1n) is 5.35. The molecule has 0 aromatic rings. The Labute approximate surface area is 95.8 Å². The van der Waals surface area contributed by atoms with Crippen molar-refractivity contribution in [3.05, 3.63) is 0 Å². The molecule has 1 aliphatic carbocycles. The number of carboxylic acids is 1. The van der Waals surface area contributed by atoms with Crippen LogP contribution >= 0.6 is 11.6 Å². The van der Waals surface area contributed by atoms with Crippen LogP contribution in [0, 0.1) is 5.41 Å². The van der Waals surface area contributed by atoms with Crippen LogP contribution in [0.4, 0.5) is 0 Å². The van der Waals surface area contributed by atoms with Gasteiger partial charge in [0.25, 0.3) is 0 Å².